The fraction of sp³-hybridized carbons (Fsp3) is 0.600. The zero-order chi connectivity index (χ0) is 20.1. The zero-order valence-corrected chi connectivity index (χ0v) is 18.9. The fourth-order valence-electron chi connectivity index (χ4n) is 3.30. The van der Waals surface area contributed by atoms with Gasteiger partial charge in [-0.05, 0) is 50.3 Å². The number of likely N-dealkylation sites (tertiary alicyclic amines) is 1. The van der Waals surface area contributed by atoms with E-state index >= 15 is 0 Å². The van der Waals surface area contributed by atoms with E-state index in [2.05, 4.69) is 4.99 Å². The lowest BCUT2D eigenvalue weighted by Crippen LogP contribution is -2.39. The fourth-order valence-corrected chi connectivity index (χ4v) is 6.58. The Morgan fingerprint density at radius 1 is 1.25 bits per heavy atom. The third-order valence-corrected chi connectivity index (χ3v) is 9.85. The molecule has 1 aromatic rings. The van der Waals surface area contributed by atoms with Crippen LogP contribution in [0.3, 0.4) is 0 Å². The molecule has 0 saturated carbocycles. The molecule has 0 aliphatic carbocycles. The average Bonchev–Trinajstić information content (AvgIpc) is 3.20. The van der Waals surface area contributed by atoms with E-state index in [-0.39, 0.29) is 5.91 Å². The summed E-state index contributed by atoms with van der Waals surface area (Å²) >= 11 is 3.72. The first kappa shape index (κ1) is 21.7. The van der Waals surface area contributed by atoms with Gasteiger partial charge in [-0.15, -0.1) is 0 Å². The van der Waals surface area contributed by atoms with Gasteiger partial charge in [0.25, 0.3) is 0 Å². The van der Waals surface area contributed by atoms with Crippen molar-refractivity contribution in [2.75, 3.05) is 31.1 Å². The molecule has 0 unspecified atom stereocenters. The molecule has 2 aliphatic rings. The Balaban J connectivity index is 1.46. The van der Waals surface area contributed by atoms with Crippen LogP contribution in [-0.4, -0.2) is 60.0 Å². The standard InChI is InChI=1S/C20H28N2O3S3/c1-15(2)28(24,25)18-5-3-16(4-6-18)13-19(23)22-10-7-17(8-11-22)14-27-20-21-9-12-26-20/h3-6,15,17H,7-14H2,1-2H3. The maximum absolute atomic E-state index is 12.6. The first-order valence-electron chi connectivity index (χ1n) is 9.77. The normalized spacial score (nSPS) is 18.5. The molecule has 2 aliphatic heterocycles. The number of hydrogen-bond acceptors (Lipinski definition) is 6. The predicted octanol–water partition coefficient (Wildman–Crippen LogP) is 3.49. The number of sulfone groups is 1. The van der Waals surface area contributed by atoms with Crippen LogP contribution in [0.2, 0.25) is 0 Å². The summed E-state index contributed by atoms with van der Waals surface area (Å²) in [7, 11) is -3.27. The van der Waals surface area contributed by atoms with E-state index in [1.54, 1.807) is 38.1 Å². The van der Waals surface area contributed by atoms with Gasteiger partial charge in [-0.3, -0.25) is 9.79 Å². The number of carbonyl (C=O) groups is 1. The molecule has 0 atom stereocenters. The van der Waals surface area contributed by atoms with Crippen molar-refractivity contribution in [3.05, 3.63) is 29.8 Å². The topological polar surface area (TPSA) is 66.8 Å². The van der Waals surface area contributed by atoms with Crippen LogP contribution in [0, 0.1) is 5.92 Å². The molecule has 3 rings (SSSR count). The van der Waals surface area contributed by atoms with Crippen LogP contribution in [0.15, 0.2) is 34.2 Å². The summed E-state index contributed by atoms with van der Waals surface area (Å²) in [6, 6.07) is 6.75. The van der Waals surface area contributed by atoms with Crippen LogP contribution >= 0.6 is 23.5 Å². The Kier molecular flexibility index (Phi) is 7.50. The Morgan fingerprint density at radius 2 is 1.93 bits per heavy atom. The number of benzene rings is 1. The van der Waals surface area contributed by atoms with Gasteiger partial charge in [-0.1, -0.05) is 35.7 Å². The molecule has 5 nitrogen and oxygen atoms in total. The number of hydrogen-bond donors (Lipinski definition) is 0. The Morgan fingerprint density at radius 3 is 2.50 bits per heavy atom. The second-order valence-corrected chi connectivity index (χ2v) is 12.4. The molecule has 0 bridgehead atoms. The highest BCUT2D eigenvalue weighted by molar-refractivity contribution is 8.39. The zero-order valence-electron chi connectivity index (χ0n) is 16.5. The first-order valence-corrected chi connectivity index (χ1v) is 13.3. The molecule has 0 spiro atoms. The van der Waals surface area contributed by atoms with Crippen LogP contribution in [0.4, 0.5) is 0 Å². The minimum absolute atomic E-state index is 0.126. The summed E-state index contributed by atoms with van der Waals surface area (Å²) in [5.74, 6) is 2.99. The van der Waals surface area contributed by atoms with E-state index in [9.17, 15) is 13.2 Å². The molecule has 1 fully saturated rings. The summed E-state index contributed by atoms with van der Waals surface area (Å²) in [6.45, 7) is 5.92. The number of nitrogens with zero attached hydrogens (tertiary/aromatic N) is 2. The Labute approximate surface area is 176 Å². The quantitative estimate of drug-likeness (QED) is 0.677. The second kappa shape index (κ2) is 9.67. The smallest absolute Gasteiger partial charge is 0.226 e. The van der Waals surface area contributed by atoms with E-state index in [4.69, 9.17) is 0 Å². The van der Waals surface area contributed by atoms with Crippen molar-refractivity contribution in [1.29, 1.82) is 0 Å². The summed E-state index contributed by atoms with van der Waals surface area (Å²) in [6.07, 6.45) is 2.42. The van der Waals surface area contributed by atoms with Crippen LogP contribution in [0.25, 0.3) is 0 Å². The van der Waals surface area contributed by atoms with E-state index in [0.29, 0.717) is 17.2 Å². The lowest BCUT2D eigenvalue weighted by Gasteiger charge is -2.32. The molecule has 154 valence electrons. The van der Waals surface area contributed by atoms with E-state index < -0.39 is 15.1 Å². The summed E-state index contributed by atoms with van der Waals surface area (Å²) in [4.78, 5) is 19.4. The molecule has 28 heavy (non-hydrogen) atoms. The highest BCUT2D eigenvalue weighted by atomic mass is 32.2. The van der Waals surface area contributed by atoms with Crippen molar-refractivity contribution in [2.45, 2.75) is 43.3 Å². The molecule has 1 aromatic carbocycles. The predicted molar refractivity (Wildman–Crippen MR) is 119 cm³/mol. The van der Waals surface area contributed by atoms with Crippen molar-refractivity contribution in [2.24, 2.45) is 10.9 Å². The molecule has 0 radical (unpaired) electrons. The molecule has 1 amide bonds. The third kappa shape index (κ3) is 5.54. The van der Waals surface area contributed by atoms with Crippen LogP contribution < -0.4 is 0 Å². The van der Waals surface area contributed by atoms with Crippen molar-refractivity contribution < 1.29 is 13.2 Å². The maximum atomic E-state index is 12.6. The van der Waals surface area contributed by atoms with Crippen molar-refractivity contribution in [3.8, 4) is 0 Å². The summed E-state index contributed by atoms with van der Waals surface area (Å²) in [5, 5.41) is -0.446. The first-order chi connectivity index (χ1) is 13.4. The molecule has 1 saturated heterocycles. The molecule has 0 aromatic heterocycles. The SMILES string of the molecule is CC(C)S(=O)(=O)c1ccc(CC(=O)N2CCC(CSC3=NCCS3)CC2)cc1. The molecule has 8 heteroatoms. The number of amides is 1. The van der Waals surface area contributed by atoms with E-state index in [1.807, 2.05) is 28.4 Å². The molecular formula is C20H28N2O3S3. The monoisotopic (exact) mass is 440 g/mol. The summed E-state index contributed by atoms with van der Waals surface area (Å²) in [5.41, 5.74) is 0.863. The molecule has 0 N–H and O–H groups in total. The van der Waals surface area contributed by atoms with Crippen molar-refractivity contribution in [1.82, 2.24) is 4.90 Å². The maximum Gasteiger partial charge on any atom is 0.226 e. The van der Waals surface area contributed by atoms with Crippen LogP contribution in [0.1, 0.15) is 32.3 Å². The van der Waals surface area contributed by atoms with Crippen molar-refractivity contribution >= 4 is 43.6 Å². The van der Waals surface area contributed by atoms with E-state index in [1.165, 1.54) is 4.38 Å². The highest BCUT2D eigenvalue weighted by Gasteiger charge is 2.24. The lowest BCUT2D eigenvalue weighted by molar-refractivity contribution is -0.131. The van der Waals surface area contributed by atoms with Crippen molar-refractivity contribution in [3.63, 3.8) is 0 Å². The highest BCUT2D eigenvalue weighted by Crippen LogP contribution is 2.28. The number of carbonyl (C=O) groups excluding carboxylic acids is 1. The van der Waals surface area contributed by atoms with Crippen LogP contribution in [0.5, 0.6) is 0 Å². The Hall–Kier alpha value is -0.990. The molecular weight excluding hydrogens is 412 g/mol. The number of aliphatic imine (C=N–C) groups is 1. The van der Waals surface area contributed by atoms with Gasteiger partial charge in [0, 0.05) is 24.6 Å². The van der Waals surface area contributed by atoms with Gasteiger partial charge in [-0.2, -0.15) is 0 Å². The van der Waals surface area contributed by atoms with Gasteiger partial charge in [-0.25, -0.2) is 8.42 Å². The summed E-state index contributed by atoms with van der Waals surface area (Å²) < 4.78 is 25.6. The molecule has 2 heterocycles. The minimum atomic E-state index is -3.27. The van der Waals surface area contributed by atoms with E-state index in [0.717, 1.165) is 49.5 Å². The van der Waals surface area contributed by atoms with Gasteiger partial charge >= 0.3 is 0 Å². The van der Waals surface area contributed by atoms with Gasteiger partial charge in [0.1, 0.15) is 4.38 Å². The van der Waals surface area contributed by atoms with Gasteiger partial charge in [0.2, 0.25) is 5.91 Å². The van der Waals surface area contributed by atoms with Crippen LogP contribution in [-0.2, 0) is 21.1 Å². The van der Waals surface area contributed by atoms with Gasteiger partial charge in [0.15, 0.2) is 9.84 Å². The Bertz CT molecular complexity index is 812. The van der Waals surface area contributed by atoms with Gasteiger partial charge < -0.3 is 4.90 Å². The number of thioether (sulfide) groups is 2. The number of piperidine rings is 1. The van der Waals surface area contributed by atoms with Gasteiger partial charge in [0.05, 0.1) is 23.1 Å². The largest absolute Gasteiger partial charge is 0.342 e. The minimum Gasteiger partial charge on any atom is -0.342 e. The second-order valence-electron chi connectivity index (χ2n) is 7.55. The average molecular weight is 441 g/mol. The lowest BCUT2D eigenvalue weighted by atomic mass is 9.98. The number of rotatable bonds is 6. The third-order valence-electron chi connectivity index (χ3n) is 5.20.